The van der Waals surface area contributed by atoms with Gasteiger partial charge in [-0.3, -0.25) is 10.1 Å². The quantitative estimate of drug-likeness (QED) is 0.471. The van der Waals surface area contributed by atoms with Crippen molar-refractivity contribution in [3.05, 3.63) is 65.7 Å². The number of ether oxygens (including phenoxy) is 2. The average molecular weight is 442 g/mol. The van der Waals surface area contributed by atoms with Gasteiger partial charge in [-0.1, -0.05) is 69.3 Å². The lowest BCUT2D eigenvalue weighted by atomic mass is 10.0. The summed E-state index contributed by atoms with van der Waals surface area (Å²) in [4.78, 5) is 12.3. The molecule has 31 heavy (non-hydrogen) atoms. The first-order valence-corrected chi connectivity index (χ1v) is 13.8. The molecule has 0 amide bonds. The van der Waals surface area contributed by atoms with E-state index in [4.69, 9.17) is 13.9 Å². The highest BCUT2D eigenvalue weighted by molar-refractivity contribution is 6.74. The topological polar surface area (TPSA) is 56.8 Å². The number of nitrogens with one attached hydrogen (secondary N) is 1. The number of esters is 1. The molecule has 5 nitrogen and oxygen atoms in total. The van der Waals surface area contributed by atoms with E-state index in [9.17, 15) is 4.79 Å². The van der Waals surface area contributed by atoms with Crippen molar-refractivity contribution in [1.82, 2.24) is 5.32 Å². The highest BCUT2D eigenvalue weighted by Gasteiger charge is 2.46. The first-order chi connectivity index (χ1) is 14.6. The van der Waals surface area contributed by atoms with Crippen molar-refractivity contribution in [2.45, 2.75) is 70.1 Å². The van der Waals surface area contributed by atoms with E-state index in [2.05, 4.69) is 45.2 Å². The second-order valence-corrected chi connectivity index (χ2v) is 14.4. The smallest absolute Gasteiger partial charge is 0.322 e. The Hall–Kier alpha value is -2.15. The van der Waals surface area contributed by atoms with Crippen LogP contribution in [0.3, 0.4) is 0 Å². The Morgan fingerprint density at radius 1 is 1.06 bits per heavy atom. The number of hydrogen-bond acceptors (Lipinski definition) is 5. The largest absolute Gasteiger partial charge is 0.489 e. The summed E-state index contributed by atoms with van der Waals surface area (Å²) in [6, 6.07) is 17.6. The Morgan fingerprint density at radius 2 is 1.71 bits per heavy atom. The minimum Gasteiger partial charge on any atom is -0.489 e. The molecule has 2 aromatic rings. The van der Waals surface area contributed by atoms with Crippen LogP contribution in [-0.4, -0.2) is 33.5 Å². The molecule has 1 heterocycles. The van der Waals surface area contributed by atoms with Crippen LogP contribution in [0.1, 0.15) is 44.4 Å². The predicted molar refractivity (Wildman–Crippen MR) is 126 cm³/mol. The van der Waals surface area contributed by atoms with Gasteiger partial charge in [-0.05, 0) is 29.8 Å². The van der Waals surface area contributed by atoms with Crippen molar-refractivity contribution in [2.24, 2.45) is 0 Å². The molecule has 0 spiro atoms. The van der Waals surface area contributed by atoms with E-state index in [1.807, 2.05) is 48.5 Å². The monoisotopic (exact) mass is 441 g/mol. The molecule has 0 unspecified atom stereocenters. The molecule has 0 radical (unpaired) electrons. The maximum Gasteiger partial charge on any atom is 0.322 e. The van der Waals surface area contributed by atoms with E-state index >= 15 is 0 Å². The van der Waals surface area contributed by atoms with Gasteiger partial charge in [0.05, 0.1) is 19.3 Å². The van der Waals surface area contributed by atoms with Gasteiger partial charge < -0.3 is 13.9 Å². The minimum atomic E-state index is -2.04. The van der Waals surface area contributed by atoms with Crippen LogP contribution >= 0.6 is 0 Å². The summed E-state index contributed by atoms with van der Waals surface area (Å²) in [5, 5.41) is 3.54. The minimum absolute atomic E-state index is 0.0736. The number of carbonyl (C=O) groups excluding carboxylic acids is 1. The van der Waals surface area contributed by atoms with Gasteiger partial charge in [0.2, 0.25) is 0 Å². The molecular weight excluding hydrogens is 406 g/mol. The lowest BCUT2D eigenvalue weighted by molar-refractivity contribution is -0.142. The lowest BCUT2D eigenvalue weighted by Gasteiger charge is -2.39. The third-order valence-corrected chi connectivity index (χ3v) is 11.0. The van der Waals surface area contributed by atoms with Crippen molar-refractivity contribution in [3.63, 3.8) is 0 Å². The van der Waals surface area contributed by atoms with Crippen molar-refractivity contribution < 1.29 is 18.7 Å². The zero-order valence-corrected chi connectivity index (χ0v) is 20.5. The Bertz CT molecular complexity index is 879. The zero-order chi connectivity index (χ0) is 22.6. The van der Waals surface area contributed by atoms with Crippen LogP contribution in [0.15, 0.2) is 54.6 Å². The maximum absolute atomic E-state index is 12.3. The molecule has 1 N–H and O–H groups in total. The first-order valence-electron chi connectivity index (χ1n) is 10.9. The molecule has 1 fully saturated rings. The summed E-state index contributed by atoms with van der Waals surface area (Å²) in [5.41, 5.74) is 2.12. The van der Waals surface area contributed by atoms with Gasteiger partial charge in [-0.2, -0.15) is 0 Å². The Kier molecular flexibility index (Phi) is 7.24. The Morgan fingerprint density at radius 3 is 2.35 bits per heavy atom. The molecule has 2 aromatic carbocycles. The van der Waals surface area contributed by atoms with Gasteiger partial charge in [0.25, 0.3) is 0 Å². The van der Waals surface area contributed by atoms with Crippen LogP contribution < -0.4 is 10.1 Å². The van der Waals surface area contributed by atoms with Crippen LogP contribution in [0, 0.1) is 0 Å². The molecule has 1 aliphatic heterocycles. The second-order valence-electron chi connectivity index (χ2n) is 9.68. The molecule has 0 bridgehead atoms. The summed E-state index contributed by atoms with van der Waals surface area (Å²) < 4.78 is 18.0. The van der Waals surface area contributed by atoms with E-state index in [1.165, 1.54) is 7.11 Å². The number of carbonyl (C=O) groups is 1. The highest BCUT2D eigenvalue weighted by Crippen LogP contribution is 2.42. The molecule has 3 rings (SSSR count). The molecule has 6 heteroatoms. The molecule has 0 aliphatic carbocycles. The van der Waals surface area contributed by atoms with Crippen molar-refractivity contribution in [2.75, 3.05) is 7.11 Å². The number of para-hydroxylation sites is 1. The van der Waals surface area contributed by atoms with Crippen LogP contribution in [-0.2, 0) is 20.6 Å². The predicted octanol–water partition coefficient (Wildman–Crippen LogP) is 5.23. The van der Waals surface area contributed by atoms with Gasteiger partial charge in [0.15, 0.2) is 8.32 Å². The lowest BCUT2D eigenvalue weighted by Crippen LogP contribution is -2.45. The highest BCUT2D eigenvalue weighted by atomic mass is 28.4. The zero-order valence-electron chi connectivity index (χ0n) is 19.5. The summed E-state index contributed by atoms with van der Waals surface area (Å²) in [7, 11) is -0.612. The summed E-state index contributed by atoms with van der Waals surface area (Å²) in [6.07, 6.45) is 0.447. The van der Waals surface area contributed by atoms with Gasteiger partial charge in [-0.25, -0.2) is 0 Å². The maximum atomic E-state index is 12.3. The van der Waals surface area contributed by atoms with Gasteiger partial charge in [-0.15, -0.1) is 0 Å². The Balaban J connectivity index is 1.87. The SMILES string of the molecule is COC(=O)[C@@H]1C[C@@H](O[Si](C)(C)C(C)(C)C)[C@H](c2ccccc2OCc2ccccc2)N1. The van der Waals surface area contributed by atoms with Gasteiger partial charge in [0, 0.05) is 12.0 Å². The van der Waals surface area contributed by atoms with E-state index < -0.39 is 14.4 Å². The number of benzene rings is 2. The molecule has 1 saturated heterocycles. The van der Waals surface area contributed by atoms with Crippen LogP contribution in [0.25, 0.3) is 0 Å². The molecule has 1 aliphatic rings. The standard InChI is InChI=1S/C25H35NO4Si/c1-25(2,3)31(5,6)30-22-16-20(24(27)28-4)26-23(22)19-14-10-11-15-21(19)29-17-18-12-8-7-9-13-18/h7-15,20,22-23,26H,16-17H2,1-6H3/t20-,22+,23-/m0/s1. The molecule has 0 saturated carbocycles. The van der Waals surface area contributed by atoms with Crippen molar-refractivity contribution in [1.29, 1.82) is 0 Å². The fourth-order valence-electron chi connectivity index (χ4n) is 3.63. The van der Waals surface area contributed by atoms with Gasteiger partial charge >= 0.3 is 5.97 Å². The van der Waals surface area contributed by atoms with Gasteiger partial charge in [0.1, 0.15) is 18.4 Å². The summed E-state index contributed by atoms with van der Waals surface area (Å²) in [5.74, 6) is 0.548. The van der Waals surface area contributed by atoms with Crippen molar-refractivity contribution >= 4 is 14.3 Å². The Labute approximate surface area is 187 Å². The number of rotatable bonds is 7. The average Bonchev–Trinajstić information content (AvgIpc) is 3.14. The fourth-order valence-corrected chi connectivity index (χ4v) is 4.98. The van der Waals surface area contributed by atoms with Crippen LogP contribution in [0.2, 0.25) is 18.1 Å². The number of hydrogen-bond donors (Lipinski definition) is 1. The van der Waals surface area contributed by atoms with E-state index in [-0.39, 0.29) is 23.2 Å². The number of methoxy groups -OCH3 is 1. The van der Waals surface area contributed by atoms with Crippen LogP contribution in [0.4, 0.5) is 0 Å². The first kappa shape index (κ1) is 23.5. The molecule has 168 valence electrons. The third-order valence-electron chi connectivity index (χ3n) is 6.45. The fraction of sp³-hybridized carbons (Fsp3) is 0.480. The molecule has 0 aromatic heterocycles. The van der Waals surface area contributed by atoms with Crippen molar-refractivity contribution in [3.8, 4) is 5.75 Å². The van der Waals surface area contributed by atoms with E-state index in [1.54, 1.807) is 0 Å². The second kappa shape index (κ2) is 9.55. The van der Waals surface area contributed by atoms with Crippen LogP contribution in [0.5, 0.6) is 5.75 Å². The third kappa shape index (κ3) is 5.56. The molecule has 3 atom stereocenters. The normalized spacial score (nSPS) is 21.7. The summed E-state index contributed by atoms with van der Waals surface area (Å²) in [6.45, 7) is 11.7. The molecular formula is C25H35NO4Si. The van der Waals surface area contributed by atoms with E-state index in [0.29, 0.717) is 13.0 Å². The van der Waals surface area contributed by atoms with E-state index in [0.717, 1.165) is 16.9 Å². The summed E-state index contributed by atoms with van der Waals surface area (Å²) >= 11 is 0.